The standard InChI is InChI=1S/C17H27NO2/c1-5-6-7-8-9-14(3)18-16-12-15(17(19)20-4)11-10-13(16)2/h10-12,14,18H,5-9H2,1-4H3. The number of nitrogens with one attached hydrogen (secondary N) is 1. The SMILES string of the molecule is CCCCCCC(C)Nc1cc(C(=O)OC)ccc1C. The Bertz CT molecular complexity index is 429. The van der Waals surface area contributed by atoms with Gasteiger partial charge in [0.15, 0.2) is 0 Å². The van der Waals surface area contributed by atoms with Crippen LogP contribution < -0.4 is 5.32 Å². The highest BCUT2D eigenvalue weighted by molar-refractivity contribution is 5.90. The summed E-state index contributed by atoms with van der Waals surface area (Å²) in [5.74, 6) is -0.288. The molecule has 0 saturated heterocycles. The van der Waals surface area contributed by atoms with Gasteiger partial charge in [0, 0.05) is 11.7 Å². The molecule has 0 amide bonds. The maximum Gasteiger partial charge on any atom is 0.337 e. The van der Waals surface area contributed by atoms with E-state index >= 15 is 0 Å². The summed E-state index contributed by atoms with van der Waals surface area (Å²) in [5, 5.41) is 3.50. The average Bonchev–Trinajstić information content (AvgIpc) is 2.45. The number of methoxy groups -OCH3 is 1. The van der Waals surface area contributed by atoms with Gasteiger partial charge in [-0.3, -0.25) is 0 Å². The molecule has 0 aromatic heterocycles. The molecular formula is C17H27NO2. The summed E-state index contributed by atoms with van der Waals surface area (Å²) in [6, 6.07) is 6.05. The minimum absolute atomic E-state index is 0.288. The number of carbonyl (C=O) groups is 1. The largest absolute Gasteiger partial charge is 0.465 e. The number of hydrogen-bond acceptors (Lipinski definition) is 3. The molecule has 0 heterocycles. The van der Waals surface area contributed by atoms with Crippen LogP contribution in [0.1, 0.15) is 61.9 Å². The van der Waals surface area contributed by atoms with Crippen LogP contribution >= 0.6 is 0 Å². The van der Waals surface area contributed by atoms with Crippen molar-refractivity contribution in [3.05, 3.63) is 29.3 Å². The molecule has 1 rings (SSSR count). The van der Waals surface area contributed by atoms with Crippen LogP contribution in [0.3, 0.4) is 0 Å². The number of anilines is 1. The van der Waals surface area contributed by atoms with E-state index in [4.69, 9.17) is 4.74 Å². The fourth-order valence-electron chi connectivity index (χ4n) is 2.24. The molecule has 0 fully saturated rings. The zero-order valence-corrected chi connectivity index (χ0v) is 13.2. The van der Waals surface area contributed by atoms with E-state index in [2.05, 4.69) is 19.2 Å². The van der Waals surface area contributed by atoms with Gasteiger partial charge in [-0.05, 0) is 38.0 Å². The summed E-state index contributed by atoms with van der Waals surface area (Å²) in [5.41, 5.74) is 2.77. The third-order valence-electron chi connectivity index (χ3n) is 3.55. The van der Waals surface area contributed by atoms with Gasteiger partial charge in [-0.1, -0.05) is 38.7 Å². The van der Waals surface area contributed by atoms with E-state index in [0.717, 1.165) is 17.7 Å². The predicted octanol–water partition coefficient (Wildman–Crippen LogP) is 4.55. The van der Waals surface area contributed by atoms with Crippen molar-refractivity contribution < 1.29 is 9.53 Å². The molecule has 0 aliphatic rings. The van der Waals surface area contributed by atoms with E-state index in [-0.39, 0.29) is 5.97 Å². The van der Waals surface area contributed by atoms with Crippen LogP contribution in [0.5, 0.6) is 0 Å². The molecule has 0 aliphatic carbocycles. The van der Waals surface area contributed by atoms with E-state index in [0.29, 0.717) is 11.6 Å². The number of esters is 1. The van der Waals surface area contributed by atoms with Crippen LogP contribution in [0.4, 0.5) is 5.69 Å². The molecular weight excluding hydrogens is 250 g/mol. The van der Waals surface area contributed by atoms with Gasteiger partial charge < -0.3 is 10.1 Å². The Labute approximate surface area is 122 Å². The van der Waals surface area contributed by atoms with E-state index < -0.39 is 0 Å². The third-order valence-corrected chi connectivity index (χ3v) is 3.55. The van der Waals surface area contributed by atoms with Crippen molar-refractivity contribution >= 4 is 11.7 Å². The Morgan fingerprint density at radius 3 is 2.70 bits per heavy atom. The summed E-state index contributed by atoms with van der Waals surface area (Å²) < 4.78 is 4.76. The Balaban J connectivity index is 2.59. The van der Waals surface area contributed by atoms with Crippen LogP contribution in [0.15, 0.2) is 18.2 Å². The van der Waals surface area contributed by atoms with Gasteiger partial charge in [0.1, 0.15) is 0 Å². The van der Waals surface area contributed by atoms with Crippen LogP contribution in [0.2, 0.25) is 0 Å². The molecule has 20 heavy (non-hydrogen) atoms. The molecule has 0 radical (unpaired) electrons. The molecule has 112 valence electrons. The first-order valence-corrected chi connectivity index (χ1v) is 7.54. The lowest BCUT2D eigenvalue weighted by Crippen LogP contribution is -2.16. The van der Waals surface area contributed by atoms with Gasteiger partial charge in [-0.2, -0.15) is 0 Å². The second kappa shape index (κ2) is 8.62. The smallest absolute Gasteiger partial charge is 0.337 e. The van der Waals surface area contributed by atoms with Crippen molar-refractivity contribution in [2.24, 2.45) is 0 Å². The first kappa shape index (κ1) is 16.5. The number of hydrogen-bond donors (Lipinski definition) is 1. The van der Waals surface area contributed by atoms with Crippen molar-refractivity contribution in [3.63, 3.8) is 0 Å². The lowest BCUT2D eigenvalue weighted by atomic mass is 10.1. The minimum Gasteiger partial charge on any atom is -0.465 e. The maximum atomic E-state index is 11.6. The molecule has 0 saturated carbocycles. The van der Waals surface area contributed by atoms with Crippen molar-refractivity contribution in [2.45, 2.75) is 58.9 Å². The molecule has 1 atom stereocenters. The number of rotatable bonds is 8. The fourth-order valence-corrected chi connectivity index (χ4v) is 2.24. The van der Waals surface area contributed by atoms with Gasteiger partial charge in [-0.15, -0.1) is 0 Å². The molecule has 1 unspecified atom stereocenters. The Kier molecular flexibility index (Phi) is 7.13. The quantitative estimate of drug-likeness (QED) is 0.559. The maximum absolute atomic E-state index is 11.6. The van der Waals surface area contributed by atoms with Crippen molar-refractivity contribution in [2.75, 3.05) is 12.4 Å². The van der Waals surface area contributed by atoms with E-state index in [1.807, 2.05) is 19.1 Å². The van der Waals surface area contributed by atoms with Crippen molar-refractivity contribution in [3.8, 4) is 0 Å². The molecule has 1 N–H and O–H groups in total. The topological polar surface area (TPSA) is 38.3 Å². The zero-order valence-electron chi connectivity index (χ0n) is 13.2. The number of benzene rings is 1. The highest BCUT2D eigenvalue weighted by Gasteiger charge is 2.09. The second-order valence-corrected chi connectivity index (χ2v) is 5.42. The normalized spacial score (nSPS) is 12.0. The lowest BCUT2D eigenvalue weighted by molar-refractivity contribution is 0.0601. The van der Waals surface area contributed by atoms with Gasteiger partial charge in [0.25, 0.3) is 0 Å². The monoisotopic (exact) mass is 277 g/mol. The summed E-state index contributed by atoms with van der Waals surface area (Å²) in [6.07, 6.45) is 6.27. The number of aryl methyl sites for hydroxylation is 1. The predicted molar refractivity (Wildman–Crippen MR) is 84.4 cm³/mol. The summed E-state index contributed by atoms with van der Waals surface area (Å²) >= 11 is 0. The number of carbonyl (C=O) groups excluding carboxylic acids is 1. The van der Waals surface area contributed by atoms with Gasteiger partial charge in [0.2, 0.25) is 0 Å². The molecule has 1 aromatic carbocycles. The van der Waals surface area contributed by atoms with Gasteiger partial charge in [0.05, 0.1) is 12.7 Å². The number of ether oxygens (including phenoxy) is 1. The first-order valence-electron chi connectivity index (χ1n) is 7.54. The Morgan fingerprint density at radius 2 is 2.05 bits per heavy atom. The summed E-state index contributed by atoms with van der Waals surface area (Å²) in [6.45, 7) is 6.47. The fraction of sp³-hybridized carbons (Fsp3) is 0.588. The zero-order chi connectivity index (χ0) is 15.0. The lowest BCUT2D eigenvalue weighted by Gasteiger charge is -2.17. The van der Waals surface area contributed by atoms with Crippen LogP contribution in [0, 0.1) is 6.92 Å². The number of unbranched alkanes of at least 4 members (excludes halogenated alkanes) is 3. The summed E-state index contributed by atoms with van der Waals surface area (Å²) in [4.78, 5) is 11.6. The molecule has 0 bridgehead atoms. The Morgan fingerprint density at radius 1 is 1.30 bits per heavy atom. The third kappa shape index (κ3) is 5.24. The van der Waals surface area contributed by atoms with Gasteiger partial charge >= 0.3 is 5.97 Å². The van der Waals surface area contributed by atoms with Crippen molar-refractivity contribution in [1.29, 1.82) is 0 Å². The van der Waals surface area contributed by atoms with E-state index in [1.165, 1.54) is 32.8 Å². The highest BCUT2D eigenvalue weighted by Crippen LogP contribution is 2.20. The molecule has 3 heteroatoms. The second-order valence-electron chi connectivity index (χ2n) is 5.42. The van der Waals surface area contributed by atoms with Crippen LogP contribution in [-0.4, -0.2) is 19.1 Å². The van der Waals surface area contributed by atoms with E-state index in [1.54, 1.807) is 6.07 Å². The molecule has 1 aromatic rings. The molecule has 0 spiro atoms. The minimum atomic E-state index is -0.288. The first-order chi connectivity index (χ1) is 9.58. The van der Waals surface area contributed by atoms with Crippen molar-refractivity contribution in [1.82, 2.24) is 0 Å². The van der Waals surface area contributed by atoms with Gasteiger partial charge in [-0.25, -0.2) is 4.79 Å². The molecule has 0 aliphatic heterocycles. The molecule has 3 nitrogen and oxygen atoms in total. The van der Waals surface area contributed by atoms with Crippen LogP contribution in [0.25, 0.3) is 0 Å². The highest BCUT2D eigenvalue weighted by atomic mass is 16.5. The van der Waals surface area contributed by atoms with E-state index in [9.17, 15) is 4.79 Å². The average molecular weight is 277 g/mol. The van der Waals surface area contributed by atoms with Crippen LogP contribution in [-0.2, 0) is 4.74 Å². The Hall–Kier alpha value is -1.51. The summed E-state index contributed by atoms with van der Waals surface area (Å²) in [7, 11) is 1.41.